The van der Waals surface area contributed by atoms with Crippen LogP contribution in [0.5, 0.6) is 0 Å². The maximum Gasteiger partial charge on any atom is 0.508 e. The third kappa shape index (κ3) is 4.29. The molecule has 1 aromatic heterocycles. The van der Waals surface area contributed by atoms with Crippen LogP contribution in [-0.4, -0.2) is 54.2 Å². The number of aromatic nitrogens is 1. The zero-order chi connectivity index (χ0) is 11.3. The molecule has 0 aromatic carbocycles. The Morgan fingerprint density at radius 3 is 2.73 bits per heavy atom. The number of rotatable bonds is 5. The molecule has 0 aliphatic rings. The first-order chi connectivity index (χ1) is 7.09. The van der Waals surface area contributed by atoms with E-state index in [1.54, 1.807) is 18.2 Å². The van der Waals surface area contributed by atoms with Gasteiger partial charge in [0.2, 0.25) is 0 Å². The molecule has 0 saturated heterocycles. The van der Waals surface area contributed by atoms with Crippen molar-refractivity contribution in [3.63, 3.8) is 0 Å². The van der Waals surface area contributed by atoms with Gasteiger partial charge in [-0.1, -0.05) is 6.07 Å². The van der Waals surface area contributed by atoms with E-state index in [1.807, 2.05) is 14.1 Å². The molecule has 0 bridgehead atoms. The Labute approximate surface area is 89.9 Å². The van der Waals surface area contributed by atoms with Crippen molar-refractivity contribution in [2.75, 3.05) is 32.5 Å². The number of nitrogens with zero attached hydrogens (tertiary/aromatic N) is 2. The fourth-order valence-electron chi connectivity index (χ4n) is 1.10. The molecule has 1 rings (SSSR count). The van der Waals surface area contributed by atoms with Gasteiger partial charge in [-0.2, -0.15) is 0 Å². The van der Waals surface area contributed by atoms with E-state index in [4.69, 9.17) is 10.0 Å². The van der Waals surface area contributed by atoms with Gasteiger partial charge in [0.15, 0.2) is 0 Å². The summed E-state index contributed by atoms with van der Waals surface area (Å²) in [6.45, 7) is 1.67. The topological polar surface area (TPSA) is 68.6 Å². The normalized spacial score (nSPS) is 10.5. The minimum Gasteiger partial charge on any atom is -0.422 e. The van der Waals surface area contributed by atoms with Gasteiger partial charge in [-0.15, -0.1) is 0 Å². The largest absolute Gasteiger partial charge is 0.508 e. The average molecular weight is 209 g/mol. The number of anilines is 1. The second-order valence-corrected chi connectivity index (χ2v) is 3.55. The summed E-state index contributed by atoms with van der Waals surface area (Å²) in [6, 6.07) is 5.10. The monoisotopic (exact) mass is 209 g/mol. The summed E-state index contributed by atoms with van der Waals surface area (Å²) >= 11 is 0. The van der Waals surface area contributed by atoms with Crippen molar-refractivity contribution in [3.8, 4) is 0 Å². The lowest BCUT2D eigenvalue weighted by Crippen LogP contribution is -2.33. The Balaban J connectivity index is 2.50. The summed E-state index contributed by atoms with van der Waals surface area (Å²) in [7, 11) is 2.46. The quantitative estimate of drug-likeness (QED) is 0.528. The van der Waals surface area contributed by atoms with E-state index in [0.717, 1.165) is 13.1 Å². The first kappa shape index (κ1) is 12.0. The second kappa shape index (κ2) is 5.70. The predicted molar refractivity (Wildman–Crippen MR) is 61.1 cm³/mol. The Morgan fingerprint density at radius 1 is 1.40 bits per heavy atom. The van der Waals surface area contributed by atoms with Gasteiger partial charge in [-0.25, -0.2) is 4.98 Å². The molecule has 6 heteroatoms. The highest BCUT2D eigenvalue weighted by atomic mass is 16.4. The molecular weight excluding hydrogens is 193 g/mol. The Bertz CT molecular complexity index is 307. The van der Waals surface area contributed by atoms with Crippen molar-refractivity contribution in [2.45, 2.75) is 0 Å². The summed E-state index contributed by atoms with van der Waals surface area (Å²) in [6.07, 6.45) is 0. The zero-order valence-corrected chi connectivity index (χ0v) is 9.01. The summed E-state index contributed by atoms with van der Waals surface area (Å²) in [5, 5.41) is 20.9. The Kier molecular flexibility index (Phi) is 4.55. The highest BCUT2D eigenvalue weighted by Crippen LogP contribution is 1.98. The number of likely N-dealkylation sites (N-methyl/N-ethyl adjacent to an activating group) is 1. The molecule has 0 radical (unpaired) electrons. The maximum absolute atomic E-state index is 8.92. The molecule has 0 fully saturated rings. The zero-order valence-electron chi connectivity index (χ0n) is 9.01. The molecule has 0 amide bonds. The molecule has 0 aliphatic heterocycles. The maximum atomic E-state index is 8.92. The van der Waals surface area contributed by atoms with Crippen molar-refractivity contribution in [1.82, 2.24) is 9.88 Å². The van der Waals surface area contributed by atoms with Crippen molar-refractivity contribution in [3.05, 3.63) is 18.2 Å². The lowest BCUT2D eigenvalue weighted by atomic mass is 9.86. The van der Waals surface area contributed by atoms with Crippen LogP contribution in [0.15, 0.2) is 18.2 Å². The summed E-state index contributed by atoms with van der Waals surface area (Å²) in [5.74, 6) is 0.655. The van der Waals surface area contributed by atoms with Crippen LogP contribution in [0.3, 0.4) is 0 Å². The number of pyridine rings is 1. The smallest absolute Gasteiger partial charge is 0.422 e. The molecule has 15 heavy (non-hydrogen) atoms. The van der Waals surface area contributed by atoms with Gasteiger partial charge in [-0.3, -0.25) is 0 Å². The summed E-state index contributed by atoms with van der Waals surface area (Å²) in [4.78, 5) is 6.09. The highest BCUT2D eigenvalue weighted by Gasteiger charge is 2.12. The van der Waals surface area contributed by atoms with Crippen LogP contribution in [0.4, 0.5) is 5.82 Å². The van der Waals surface area contributed by atoms with Gasteiger partial charge in [0.1, 0.15) is 5.82 Å². The highest BCUT2D eigenvalue weighted by molar-refractivity contribution is 6.57. The van der Waals surface area contributed by atoms with Crippen LogP contribution in [0, 0.1) is 0 Å². The van der Waals surface area contributed by atoms with Gasteiger partial charge in [0.25, 0.3) is 0 Å². The van der Waals surface area contributed by atoms with E-state index in [0.29, 0.717) is 5.82 Å². The third-order valence-electron chi connectivity index (χ3n) is 1.90. The van der Waals surface area contributed by atoms with E-state index in [-0.39, 0.29) is 5.59 Å². The first-order valence-electron chi connectivity index (χ1n) is 4.81. The number of hydrogen-bond donors (Lipinski definition) is 3. The molecule has 5 nitrogen and oxygen atoms in total. The lowest BCUT2D eigenvalue weighted by Gasteiger charge is -2.11. The van der Waals surface area contributed by atoms with Gasteiger partial charge < -0.3 is 20.3 Å². The molecule has 0 saturated carbocycles. The SMILES string of the molecule is CN(C)CCNc1cccc(B(O)O)n1. The van der Waals surface area contributed by atoms with Crippen molar-refractivity contribution < 1.29 is 10.0 Å². The molecule has 0 atom stereocenters. The minimum atomic E-state index is -1.51. The van der Waals surface area contributed by atoms with Crippen LogP contribution >= 0.6 is 0 Å². The molecule has 1 heterocycles. The van der Waals surface area contributed by atoms with E-state index in [9.17, 15) is 0 Å². The van der Waals surface area contributed by atoms with Gasteiger partial charge in [0.05, 0.1) is 5.59 Å². The molecule has 3 N–H and O–H groups in total. The first-order valence-corrected chi connectivity index (χ1v) is 4.81. The Hall–Kier alpha value is -1.11. The van der Waals surface area contributed by atoms with E-state index >= 15 is 0 Å². The number of hydrogen-bond acceptors (Lipinski definition) is 5. The van der Waals surface area contributed by atoms with Crippen molar-refractivity contribution in [2.24, 2.45) is 0 Å². The molecule has 0 aliphatic carbocycles. The molecule has 82 valence electrons. The third-order valence-corrected chi connectivity index (χ3v) is 1.90. The average Bonchev–Trinajstić information content (AvgIpc) is 2.17. The predicted octanol–water partition coefficient (Wildman–Crippen LogP) is -1.27. The van der Waals surface area contributed by atoms with E-state index in [1.165, 1.54) is 0 Å². The molecule has 0 unspecified atom stereocenters. The fourth-order valence-corrected chi connectivity index (χ4v) is 1.10. The van der Waals surface area contributed by atoms with Crippen LogP contribution in [-0.2, 0) is 0 Å². The summed E-state index contributed by atoms with van der Waals surface area (Å²) in [5.41, 5.74) is 0.254. The van der Waals surface area contributed by atoms with Crippen LogP contribution in [0.25, 0.3) is 0 Å². The second-order valence-electron chi connectivity index (χ2n) is 3.55. The van der Waals surface area contributed by atoms with Crippen LogP contribution in [0.2, 0.25) is 0 Å². The van der Waals surface area contributed by atoms with Crippen LogP contribution < -0.4 is 10.9 Å². The van der Waals surface area contributed by atoms with E-state index < -0.39 is 7.12 Å². The molecule has 0 spiro atoms. The van der Waals surface area contributed by atoms with Gasteiger partial charge >= 0.3 is 7.12 Å². The summed E-state index contributed by atoms with van der Waals surface area (Å²) < 4.78 is 0. The van der Waals surface area contributed by atoms with Crippen molar-refractivity contribution >= 4 is 18.5 Å². The molecule has 1 aromatic rings. The number of nitrogens with one attached hydrogen (secondary N) is 1. The van der Waals surface area contributed by atoms with Gasteiger partial charge in [0, 0.05) is 13.1 Å². The fraction of sp³-hybridized carbons (Fsp3) is 0.444. The standard InChI is InChI=1S/C9H16BN3O2/c1-13(2)7-6-11-9-5-3-4-8(12-9)10(14)15/h3-5,14-15H,6-7H2,1-2H3,(H,11,12). The lowest BCUT2D eigenvalue weighted by molar-refractivity contribution is 0.423. The molecular formula is C9H16BN3O2. The van der Waals surface area contributed by atoms with Crippen molar-refractivity contribution in [1.29, 1.82) is 0 Å². The van der Waals surface area contributed by atoms with Gasteiger partial charge in [-0.05, 0) is 26.2 Å². The minimum absolute atomic E-state index is 0.254. The Morgan fingerprint density at radius 2 is 2.13 bits per heavy atom. The van der Waals surface area contributed by atoms with E-state index in [2.05, 4.69) is 15.2 Å². The van der Waals surface area contributed by atoms with Crippen LogP contribution in [0.1, 0.15) is 0 Å².